The number of amides is 1. The molecule has 11 heteroatoms. The molecule has 0 unspecified atom stereocenters. The summed E-state index contributed by atoms with van der Waals surface area (Å²) in [5, 5.41) is 1.81. The molecule has 0 aromatic heterocycles. The molecule has 2 rings (SSSR count). The van der Waals surface area contributed by atoms with Crippen LogP contribution in [0.3, 0.4) is 0 Å². The lowest BCUT2D eigenvalue weighted by molar-refractivity contribution is -0.137. The summed E-state index contributed by atoms with van der Waals surface area (Å²) < 4.78 is 77.3. The zero-order valence-electron chi connectivity index (χ0n) is 15.1. The first-order valence-electron chi connectivity index (χ1n) is 8.28. The van der Waals surface area contributed by atoms with Crippen molar-refractivity contribution in [3.8, 4) is 0 Å². The Morgan fingerprint density at radius 3 is 2.41 bits per heavy atom. The summed E-state index contributed by atoms with van der Waals surface area (Å²) in [4.78, 5) is 12.0. The molecule has 0 aliphatic carbocycles. The maximum absolute atomic E-state index is 13.9. The smallest absolute Gasteiger partial charge is 0.326 e. The minimum Gasteiger partial charge on any atom is -0.326 e. The van der Waals surface area contributed by atoms with E-state index in [0.717, 1.165) is 22.7 Å². The van der Waals surface area contributed by atoms with Gasteiger partial charge in [0.05, 0.1) is 22.5 Å². The fraction of sp³-hybridized carbons (Fsp3) is 0.278. The standard InChI is InChI=1S/C18H17ClF4N2O3S/c1-29(27,28)25(16-6-3-2-5-15(16)20)10-4-7-17(26)24-12-8-9-14(19)13(11-12)18(21,22)23/h2-3,5-6,8-9,11H,4,7,10H2,1H3,(H,24,26). The molecule has 0 atom stereocenters. The lowest BCUT2D eigenvalue weighted by Gasteiger charge is -2.22. The number of para-hydroxylation sites is 1. The number of hydrogen-bond donors (Lipinski definition) is 1. The topological polar surface area (TPSA) is 66.5 Å². The highest BCUT2D eigenvalue weighted by Crippen LogP contribution is 2.36. The maximum atomic E-state index is 13.9. The predicted octanol–water partition coefficient (Wildman–Crippen LogP) is 4.68. The molecular weight excluding hydrogens is 436 g/mol. The molecule has 158 valence electrons. The van der Waals surface area contributed by atoms with Gasteiger partial charge in [-0.1, -0.05) is 23.7 Å². The van der Waals surface area contributed by atoms with Crippen LogP contribution in [0.5, 0.6) is 0 Å². The Morgan fingerprint density at radius 1 is 1.17 bits per heavy atom. The highest BCUT2D eigenvalue weighted by atomic mass is 35.5. The van der Waals surface area contributed by atoms with Gasteiger partial charge in [0, 0.05) is 18.7 Å². The molecular formula is C18H17ClF4N2O3S. The van der Waals surface area contributed by atoms with Crippen LogP contribution in [0.1, 0.15) is 18.4 Å². The third-order valence-electron chi connectivity index (χ3n) is 3.84. The molecule has 0 radical (unpaired) electrons. The molecule has 29 heavy (non-hydrogen) atoms. The largest absolute Gasteiger partial charge is 0.417 e. The number of carbonyl (C=O) groups is 1. The van der Waals surface area contributed by atoms with Crippen molar-refractivity contribution < 1.29 is 30.8 Å². The van der Waals surface area contributed by atoms with E-state index in [1.165, 1.54) is 24.3 Å². The molecule has 1 amide bonds. The van der Waals surface area contributed by atoms with Crippen LogP contribution in [0.2, 0.25) is 5.02 Å². The Bertz CT molecular complexity index is 997. The molecule has 0 aliphatic heterocycles. The number of carbonyl (C=O) groups excluding carboxylic acids is 1. The summed E-state index contributed by atoms with van der Waals surface area (Å²) in [7, 11) is -3.80. The van der Waals surface area contributed by atoms with Crippen molar-refractivity contribution in [3.63, 3.8) is 0 Å². The van der Waals surface area contributed by atoms with Crippen LogP contribution in [0.25, 0.3) is 0 Å². The highest BCUT2D eigenvalue weighted by Gasteiger charge is 2.33. The number of anilines is 2. The predicted molar refractivity (Wildman–Crippen MR) is 103 cm³/mol. The van der Waals surface area contributed by atoms with E-state index >= 15 is 0 Å². The summed E-state index contributed by atoms with van der Waals surface area (Å²) in [5.41, 5.74) is -1.33. The van der Waals surface area contributed by atoms with Crippen LogP contribution in [0.15, 0.2) is 42.5 Å². The first kappa shape index (κ1) is 23.0. The van der Waals surface area contributed by atoms with E-state index in [0.29, 0.717) is 6.07 Å². The third-order valence-corrected chi connectivity index (χ3v) is 5.35. The third kappa shape index (κ3) is 6.33. The molecule has 0 fully saturated rings. The summed E-state index contributed by atoms with van der Waals surface area (Å²) in [6.07, 6.45) is -3.93. The minimum absolute atomic E-state index is 0.0208. The van der Waals surface area contributed by atoms with E-state index in [9.17, 15) is 30.8 Å². The van der Waals surface area contributed by atoms with E-state index in [-0.39, 0.29) is 30.8 Å². The molecule has 0 bridgehead atoms. The monoisotopic (exact) mass is 452 g/mol. The number of benzene rings is 2. The van der Waals surface area contributed by atoms with E-state index < -0.39 is 38.5 Å². The zero-order valence-corrected chi connectivity index (χ0v) is 16.7. The van der Waals surface area contributed by atoms with Gasteiger partial charge in [-0.25, -0.2) is 12.8 Å². The van der Waals surface area contributed by atoms with E-state index in [1.54, 1.807) is 0 Å². The first-order chi connectivity index (χ1) is 13.4. The molecule has 2 aromatic rings. The van der Waals surface area contributed by atoms with Gasteiger partial charge in [0.25, 0.3) is 0 Å². The van der Waals surface area contributed by atoms with Crippen molar-refractivity contribution in [2.24, 2.45) is 0 Å². The molecule has 1 N–H and O–H groups in total. The van der Waals surface area contributed by atoms with Gasteiger partial charge in [0.1, 0.15) is 5.82 Å². The fourth-order valence-corrected chi connectivity index (χ4v) is 3.74. The van der Waals surface area contributed by atoms with Crippen molar-refractivity contribution in [3.05, 3.63) is 58.9 Å². The van der Waals surface area contributed by atoms with Gasteiger partial charge < -0.3 is 5.32 Å². The Labute approximate surface area is 170 Å². The molecule has 5 nitrogen and oxygen atoms in total. The maximum Gasteiger partial charge on any atom is 0.417 e. The van der Waals surface area contributed by atoms with Crippen LogP contribution in [-0.4, -0.2) is 27.1 Å². The summed E-state index contributed by atoms with van der Waals surface area (Å²) in [6, 6.07) is 8.24. The van der Waals surface area contributed by atoms with Crippen LogP contribution < -0.4 is 9.62 Å². The number of alkyl halides is 3. The van der Waals surface area contributed by atoms with Crippen molar-refractivity contribution in [1.29, 1.82) is 0 Å². The zero-order chi connectivity index (χ0) is 21.8. The molecule has 0 saturated carbocycles. The van der Waals surface area contributed by atoms with Gasteiger partial charge in [-0.3, -0.25) is 9.10 Å². The Balaban J connectivity index is 2.03. The van der Waals surface area contributed by atoms with Gasteiger partial charge in [0.15, 0.2) is 0 Å². The fourth-order valence-electron chi connectivity index (χ4n) is 2.55. The quantitative estimate of drug-likeness (QED) is 0.620. The van der Waals surface area contributed by atoms with E-state index in [1.807, 2.05) is 0 Å². The number of nitrogens with one attached hydrogen (secondary N) is 1. The van der Waals surface area contributed by atoms with Gasteiger partial charge in [-0.2, -0.15) is 13.2 Å². The van der Waals surface area contributed by atoms with Crippen LogP contribution >= 0.6 is 11.6 Å². The second kappa shape index (κ2) is 9.00. The number of hydrogen-bond acceptors (Lipinski definition) is 3. The second-order valence-corrected chi connectivity index (χ2v) is 8.44. The number of nitrogens with zero attached hydrogens (tertiary/aromatic N) is 1. The second-order valence-electron chi connectivity index (χ2n) is 6.13. The highest BCUT2D eigenvalue weighted by molar-refractivity contribution is 7.92. The summed E-state index contributed by atoms with van der Waals surface area (Å²) >= 11 is 5.52. The normalized spacial score (nSPS) is 11.9. The Hall–Kier alpha value is -2.33. The lowest BCUT2D eigenvalue weighted by Crippen LogP contribution is -2.32. The molecule has 0 spiro atoms. The molecule has 0 aliphatic rings. The van der Waals surface area contributed by atoms with Crippen molar-refractivity contribution >= 4 is 38.9 Å². The van der Waals surface area contributed by atoms with E-state index in [2.05, 4.69) is 5.32 Å². The molecule has 2 aromatic carbocycles. The van der Waals surface area contributed by atoms with Crippen molar-refractivity contribution in [1.82, 2.24) is 0 Å². The average molecular weight is 453 g/mol. The molecule has 0 heterocycles. The number of rotatable bonds is 7. The Morgan fingerprint density at radius 2 is 1.83 bits per heavy atom. The van der Waals surface area contributed by atoms with Gasteiger partial charge in [-0.15, -0.1) is 0 Å². The summed E-state index contributed by atoms with van der Waals surface area (Å²) in [5.74, 6) is -1.36. The molecule has 0 saturated heterocycles. The van der Waals surface area contributed by atoms with Gasteiger partial charge in [0.2, 0.25) is 15.9 Å². The van der Waals surface area contributed by atoms with Gasteiger partial charge >= 0.3 is 6.18 Å². The number of halogens is 5. The average Bonchev–Trinajstić information content (AvgIpc) is 2.59. The van der Waals surface area contributed by atoms with Gasteiger partial charge in [-0.05, 0) is 36.8 Å². The Kier molecular flexibility index (Phi) is 7.12. The summed E-state index contributed by atoms with van der Waals surface area (Å²) in [6.45, 7) is -0.179. The van der Waals surface area contributed by atoms with Crippen LogP contribution in [0, 0.1) is 5.82 Å². The lowest BCUT2D eigenvalue weighted by atomic mass is 10.2. The van der Waals surface area contributed by atoms with Crippen LogP contribution in [-0.2, 0) is 21.0 Å². The van der Waals surface area contributed by atoms with E-state index in [4.69, 9.17) is 11.6 Å². The van der Waals surface area contributed by atoms with Crippen molar-refractivity contribution in [2.45, 2.75) is 19.0 Å². The number of sulfonamides is 1. The van der Waals surface area contributed by atoms with Crippen LogP contribution in [0.4, 0.5) is 28.9 Å². The first-order valence-corrected chi connectivity index (χ1v) is 10.5. The minimum atomic E-state index is -4.67. The SMILES string of the molecule is CS(=O)(=O)N(CCCC(=O)Nc1ccc(Cl)c(C(F)(F)F)c1)c1ccccc1F. The van der Waals surface area contributed by atoms with Crippen molar-refractivity contribution in [2.75, 3.05) is 22.4 Å².